The zero-order valence-corrected chi connectivity index (χ0v) is 18.5. The second-order valence-corrected chi connectivity index (χ2v) is 8.87. The molecule has 2 saturated heterocycles. The quantitative estimate of drug-likeness (QED) is 0.764. The maximum absolute atomic E-state index is 12.6. The van der Waals surface area contributed by atoms with Gasteiger partial charge in [-0.25, -0.2) is 9.97 Å². The van der Waals surface area contributed by atoms with Gasteiger partial charge in [0.05, 0.1) is 17.0 Å². The van der Waals surface area contributed by atoms with Crippen LogP contribution in [0.4, 0.5) is 5.95 Å². The molecule has 4 rings (SSSR count). The van der Waals surface area contributed by atoms with Crippen molar-refractivity contribution >= 4 is 11.9 Å². The molecular weight excluding hydrogens is 380 g/mol. The fourth-order valence-corrected chi connectivity index (χ4v) is 4.30. The second-order valence-electron chi connectivity index (χ2n) is 8.87. The van der Waals surface area contributed by atoms with E-state index < -0.39 is 0 Å². The van der Waals surface area contributed by atoms with E-state index in [9.17, 15) is 4.79 Å². The van der Waals surface area contributed by atoms with Crippen LogP contribution in [-0.4, -0.2) is 77.1 Å². The molecule has 0 aliphatic carbocycles. The predicted octanol–water partition coefficient (Wildman–Crippen LogP) is 2.55. The molecule has 8 heteroatoms. The van der Waals surface area contributed by atoms with Crippen LogP contribution in [0.5, 0.6) is 0 Å². The molecule has 0 aromatic carbocycles. The van der Waals surface area contributed by atoms with Crippen LogP contribution in [0.15, 0.2) is 16.8 Å². The lowest BCUT2D eigenvalue weighted by atomic mass is 9.90. The number of amides is 1. The standard InChI is InChI=1S/C22H32N6O2/c1-15(2)21(29)28-7-5-6-17(14-28)20-18(19-12-16(3)25-30-19)13-23-22(24-20)27-10-8-26(4)9-11-27/h12-13,15,17H,5-11,14H2,1-4H3/t17-/m1/s1. The highest BCUT2D eigenvalue weighted by Crippen LogP contribution is 2.34. The number of carbonyl (C=O) groups is 1. The first-order valence-electron chi connectivity index (χ1n) is 10.9. The fraction of sp³-hybridized carbons (Fsp3) is 0.636. The van der Waals surface area contributed by atoms with E-state index in [1.54, 1.807) is 0 Å². The third-order valence-corrected chi connectivity index (χ3v) is 6.10. The molecule has 1 atom stereocenters. The van der Waals surface area contributed by atoms with Gasteiger partial charge in [-0.3, -0.25) is 4.79 Å². The Kier molecular flexibility index (Phi) is 6.04. The maximum atomic E-state index is 12.6. The van der Waals surface area contributed by atoms with Gasteiger partial charge in [0.2, 0.25) is 11.9 Å². The fourth-order valence-electron chi connectivity index (χ4n) is 4.30. The number of aromatic nitrogens is 3. The van der Waals surface area contributed by atoms with Crippen molar-refractivity contribution in [2.24, 2.45) is 5.92 Å². The Balaban J connectivity index is 1.67. The highest BCUT2D eigenvalue weighted by atomic mass is 16.5. The molecular formula is C22H32N6O2. The van der Waals surface area contributed by atoms with Crippen molar-refractivity contribution in [3.05, 3.63) is 23.7 Å². The second kappa shape index (κ2) is 8.71. The number of aryl methyl sites for hydroxylation is 1. The molecule has 0 radical (unpaired) electrons. The first-order chi connectivity index (χ1) is 14.4. The Hall–Kier alpha value is -2.48. The molecule has 162 valence electrons. The molecule has 0 bridgehead atoms. The van der Waals surface area contributed by atoms with Crippen LogP contribution in [0.2, 0.25) is 0 Å². The van der Waals surface area contributed by atoms with Crippen LogP contribution in [0.1, 0.15) is 44.0 Å². The largest absolute Gasteiger partial charge is 0.356 e. The Morgan fingerprint density at radius 2 is 1.97 bits per heavy atom. The van der Waals surface area contributed by atoms with Crippen LogP contribution >= 0.6 is 0 Å². The van der Waals surface area contributed by atoms with Crippen LogP contribution in [0, 0.1) is 12.8 Å². The van der Waals surface area contributed by atoms with Crippen molar-refractivity contribution in [2.75, 3.05) is 51.2 Å². The summed E-state index contributed by atoms with van der Waals surface area (Å²) >= 11 is 0. The van der Waals surface area contributed by atoms with E-state index in [2.05, 4.69) is 27.0 Å². The Morgan fingerprint density at radius 3 is 2.63 bits per heavy atom. The van der Waals surface area contributed by atoms with E-state index in [0.29, 0.717) is 12.3 Å². The van der Waals surface area contributed by atoms with Gasteiger partial charge in [-0.1, -0.05) is 19.0 Å². The molecule has 0 unspecified atom stereocenters. The summed E-state index contributed by atoms with van der Waals surface area (Å²) < 4.78 is 5.56. The average Bonchev–Trinajstić information content (AvgIpc) is 3.19. The van der Waals surface area contributed by atoms with Crippen LogP contribution in [0.25, 0.3) is 11.3 Å². The summed E-state index contributed by atoms with van der Waals surface area (Å²) in [6, 6.07) is 1.93. The molecule has 4 heterocycles. The van der Waals surface area contributed by atoms with Crippen LogP contribution < -0.4 is 4.90 Å². The van der Waals surface area contributed by atoms with Gasteiger partial charge in [0.25, 0.3) is 0 Å². The van der Waals surface area contributed by atoms with Crippen molar-refractivity contribution in [3.63, 3.8) is 0 Å². The molecule has 2 aromatic rings. The highest BCUT2D eigenvalue weighted by molar-refractivity contribution is 5.78. The summed E-state index contributed by atoms with van der Waals surface area (Å²) in [5, 5.41) is 4.06. The summed E-state index contributed by atoms with van der Waals surface area (Å²) in [5.41, 5.74) is 2.69. The van der Waals surface area contributed by atoms with Gasteiger partial charge in [0.1, 0.15) is 0 Å². The van der Waals surface area contributed by atoms with Gasteiger partial charge in [0.15, 0.2) is 5.76 Å². The van der Waals surface area contributed by atoms with E-state index in [4.69, 9.17) is 9.51 Å². The summed E-state index contributed by atoms with van der Waals surface area (Å²) in [6.45, 7) is 11.2. The smallest absolute Gasteiger partial charge is 0.225 e. The molecule has 30 heavy (non-hydrogen) atoms. The molecule has 2 aliphatic heterocycles. The number of rotatable bonds is 4. The summed E-state index contributed by atoms with van der Waals surface area (Å²) in [4.78, 5) is 28.9. The van der Waals surface area contributed by atoms with Gasteiger partial charge >= 0.3 is 0 Å². The average molecular weight is 413 g/mol. The third-order valence-electron chi connectivity index (χ3n) is 6.10. The maximum Gasteiger partial charge on any atom is 0.225 e. The molecule has 0 saturated carbocycles. The van der Waals surface area contributed by atoms with Gasteiger partial charge in [-0.15, -0.1) is 0 Å². The van der Waals surface area contributed by atoms with E-state index in [0.717, 1.165) is 68.5 Å². The van der Waals surface area contributed by atoms with Crippen molar-refractivity contribution < 1.29 is 9.32 Å². The zero-order chi connectivity index (χ0) is 21.3. The molecule has 2 fully saturated rings. The van der Waals surface area contributed by atoms with Gasteiger partial charge < -0.3 is 19.2 Å². The molecule has 1 amide bonds. The number of hydrogen-bond donors (Lipinski definition) is 0. The number of anilines is 1. The van der Waals surface area contributed by atoms with E-state index in [1.807, 2.05) is 37.9 Å². The molecule has 8 nitrogen and oxygen atoms in total. The van der Waals surface area contributed by atoms with E-state index >= 15 is 0 Å². The number of likely N-dealkylation sites (N-methyl/N-ethyl adjacent to an activating group) is 1. The van der Waals surface area contributed by atoms with Crippen LogP contribution in [0.3, 0.4) is 0 Å². The monoisotopic (exact) mass is 412 g/mol. The lowest BCUT2D eigenvalue weighted by Crippen LogP contribution is -2.45. The molecule has 2 aromatic heterocycles. The van der Waals surface area contributed by atoms with Crippen molar-refractivity contribution in [3.8, 4) is 11.3 Å². The molecule has 0 N–H and O–H groups in total. The molecule has 0 spiro atoms. The number of carbonyl (C=O) groups excluding carboxylic acids is 1. The predicted molar refractivity (Wildman–Crippen MR) is 115 cm³/mol. The van der Waals surface area contributed by atoms with Crippen molar-refractivity contribution in [1.29, 1.82) is 0 Å². The van der Waals surface area contributed by atoms with Crippen LogP contribution in [-0.2, 0) is 4.79 Å². The Bertz CT molecular complexity index is 888. The first-order valence-corrected chi connectivity index (χ1v) is 10.9. The molecule has 2 aliphatic rings. The van der Waals surface area contributed by atoms with Gasteiger partial charge in [-0.05, 0) is 26.8 Å². The van der Waals surface area contributed by atoms with Gasteiger partial charge in [0, 0.05) is 63.4 Å². The lowest BCUT2D eigenvalue weighted by molar-refractivity contribution is -0.135. The summed E-state index contributed by atoms with van der Waals surface area (Å²) in [7, 11) is 2.14. The SMILES string of the molecule is Cc1cc(-c2cnc(N3CCN(C)CC3)nc2[C@@H]2CCCN(C(=O)C(C)C)C2)on1. The minimum Gasteiger partial charge on any atom is -0.356 e. The van der Waals surface area contributed by atoms with Crippen molar-refractivity contribution in [2.45, 2.75) is 39.5 Å². The lowest BCUT2D eigenvalue weighted by Gasteiger charge is -2.35. The summed E-state index contributed by atoms with van der Waals surface area (Å²) in [6.07, 6.45) is 3.85. The topological polar surface area (TPSA) is 78.6 Å². The third kappa shape index (κ3) is 4.33. The van der Waals surface area contributed by atoms with E-state index in [1.165, 1.54) is 0 Å². The highest BCUT2D eigenvalue weighted by Gasteiger charge is 2.30. The van der Waals surface area contributed by atoms with E-state index in [-0.39, 0.29) is 17.7 Å². The Labute approximate surface area is 178 Å². The Morgan fingerprint density at radius 1 is 1.20 bits per heavy atom. The normalized spacial score (nSPS) is 20.8. The first kappa shape index (κ1) is 20.8. The minimum absolute atomic E-state index is 0.00597. The number of likely N-dealkylation sites (tertiary alicyclic amines) is 1. The minimum atomic E-state index is 0.00597. The zero-order valence-electron chi connectivity index (χ0n) is 18.5. The number of nitrogens with zero attached hydrogens (tertiary/aromatic N) is 6. The van der Waals surface area contributed by atoms with Crippen molar-refractivity contribution in [1.82, 2.24) is 24.9 Å². The number of hydrogen-bond acceptors (Lipinski definition) is 7. The number of piperidine rings is 1. The number of piperazine rings is 1. The van der Waals surface area contributed by atoms with Gasteiger partial charge in [-0.2, -0.15) is 0 Å². The summed E-state index contributed by atoms with van der Waals surface area (Å²) in [5.74, 6) is 1.85.